The van der Waals surface area contributed by atoms with E-state index in [1.54, 1.807) is 12.1 Å². The molecule has 3 rings (SSSR count). The highest BCUT2D eigenvalue weighted by Crippen LogP contribution is 2.29. The molecule has 0 aliphatic rings. The van der Waals surface area contributed by atoms with E-state index in [1.807, 2.05) is 43.3 Å². The summed E-state index contributed by atoms with van der Waals surface area (Å²) in [6.07, 6.45) is 0. The first-order chi connectivity index (χ1) is 13.4. The zero-order chi connectivity index (χ0) is 20.1. The Hall–Kier alpha value is -3.48. The van der Waals surface area contributed by atoms with Crippen LogP contribution in [0.15, 0.2) is 59.1 Å². The number of nitrogens with one attached hydrogen (secondary N) is 3. The van der Waals surface area contributed by atoms with E-state index in [9.17, 15) is 9.18 Å². The van der Waals surface area contributed by atoms with Crippen LogP contribution in [0.5, 0.6) is 0 Å². The molecule has 6 nitrogen and oxygen atoms in total. The highest BCUT2D eigenvalue weighted by Gasteiger charge is 2.17. The summed E-state index contributed by atoms with van der Waals surface area (Å²) in [5, 5.41) is 17.0. The molecule has 0 bridgehead atoms. The average Bonchev–Trinajstić information content (AvgIpc) is 3.14. The molecule has 1 atom stereocenters. The lowest BCUT2D eigenvalue weighted by atomic mass is 9.95. The lowest BCUT2D eigenvalue weighted by Crippen LogP contribution is -2.32. The SMILES string of the molecule is CC(=O)CNC(=N)Nc1cc(C(C)c2ccc(-c3ccccc3)c(F)c2)no1. The third kappa shape index (κ3) is 4.62. The Morgan fingerprint density at radius 2 is 1.96 bits per heavy atom. The number of ketones is 1. The molecular formula is C21H21FN4O2. The summed E-state index contributed by atoms with van der Waals surface area (Å²) >= 11 is 0. The van der Waals surface area contributed by atoms with Crippen molar-refractivity contribution in [3.05, 3.63) is 71.7 Å². The highest BCUT2D eigenvalue weighted by atomic mass is 19.1. The molecule has 1 aromatic heterocycles. The first-order valence-electron chi connectivity index (χ1n) is 8.84. The van der Waals surface area contributed by atoms with Crippen LogP contribution < -0.4 is 10.6 Å². The number of carbonyl (C=O) groups is 1. The minimum Gasteiger partial charge on any atom is -0.349 e. The van der Waals surface area contributed by atoms with Crippen molar-refractivity contribution in [2.45, 2.75) is 19.8 Å². The number of hydrogen-bond donors (Lipinski definition) is 3. The molecule has 3 aromatic rings. The molecule has 2 aromatic carbocycles. The number of aromatic nitrogens is 1. The van der Waals surface area contributed by atoms with Gasteiger partial charge in [-0.15, -0.1) is 0 Å². The number of hydrogen-bond acceptors (Lipinski definition) is 4. The topological polar surface area (TPSA) is 91.0 Å². The Morgan fingerprint density at radius 1 is 1.21 bits per heavy atom. The standard InChI is InChI=1S/C21H21FN4O2/c1-13(27)12-24-21(23)25-20-11-19(26-28-20)14(2)16-8-9-17(18(22)10-16)15-6-4-3-5-7-15/h3-11,14H,12H2,1-2H3,(H3,23,24,25). The second kappa shape index (κ2) is 8.47. The predicted octanol–water partition coefficient (Wildman–Crippen LogP) is 4.16. The van der Waals surface area contributed by atoms with Gasteiger partial charge in [-0.25, -0.2) is 4.39 Å². The van der Waals surface area contributed by atoms with Gasteiger partial charge in [0, 0.05) is 17.5 Å². The third-order valence-electron chi connectivity index (χ3n) is 4.31. The molecule has 1 heterocycles. The summed E-state index contributed by atoms with van der Waals surface area (Å²) in [7, 11) is 0. The molecule has 0 aliphatic carbocycles. The van der Waals surface area contributed by atoms with Gasteiger partial charge in [0.15, 0.2) is 5.96 Å². The van der Waals surface area contributed by atoms with Gasteiger partial charge in [-0.1, -0.05) is 54.5 Å². The normalized spacial score (nSPS) is 11.7. The Bertz CT molecular complexity index is 985. The lowest BCUT2D eigenvalue weighted by Gasteiger charge is -2.11. The largest absolute Gasteiger partial charge is 0.349 e. The van der Waals surface area contributed by atoms with Crippen molar-refractivity contribution in [2.24, 2.45) is 0 Å². The minimum absolute atomic E-state index is 0.0519. The Kier molecular flexibility index (Phi) is 5.84. The fraction of sp³-hybridized carbons (Fsp3) is 0.190. The van der Waals surface area contributed by atoms with E-state index in [0.29, 0.717) is 11.3 Å². The van der Waals surface area contributed by atoms with Crippen LogP contribution in [0.4, 0.5) is 10.3 Å². The van der Waals surface area contributed by atoms with Crippen LogP contribution in [0.25, 0.3) is 11.1 Å². The highest BCUT2D eigenvalue weighted by molar-refractivity contribution is 5.92. The molecule has 0 saturated carbocycles. The summed E-state index contributed by atoms with van der Waals surface area (Å²) in [6.45, 7) is 3.38. The van der Waals surface area contributed by atoms with Gasteiger partial charge >= 0.3 is 0 Å². The zero-order valence-electron chi connectivity index (χ0n) is 15.6. The smallest absolute Gasteiger partial charge is 0.231 e. The van der Waals surface area contributed by atoms with E-state index in [1.165, 1.54) is 13.0 Å². The molecule has 0 aliphatic heterocycles. The Morgan fingerprint density at radius 3 is 2.64 bits per heavy atom. The van der Waals surface area contributed by atoms with Crippen molar-refractivity contribution in [3.8, 4) is 11.1 Å². The maximum atomic E-state index is 14.6. The number of Topliss-reactive ketones (excluding diaryl/α,β-unsaturated/α-hetero) is 1. The van der Waals surface area contributed by atoms with Crippen LogP contribution in [0.2, 0.25) is 0 Å². The summed E-state index contributed by atoms with van der Waals surface area (Å²) in [5.74, 6) is -0.377. The van der Waals surface area contributed by atoms with Crippen LogP contribution in [-0.4, -0.2) is 23.4 Å². The van der Waals surface area contributed by atoms with Crippen molar-refractivity contribution in [3.63, 3.8) is 0 Å². The molecule has 0 radical (unpaired) electrons. The van der Waals surface area contributed by atoms with Crippen LogP contribution in [0.3, 0.4) is 0 Å². The number of guanidine groups is 1. The van der Waals surface area contributed by atoms with E-state index >= 15 is 0 Å². The molecule has 144 valence electrons. The Balaban J connectivity index is 1.71. The van der Waals surface area contributed by atoms with Gasteiger partial charge in [-0.05, 0) is 24.1 Å². The van der Waals surface area contributed by atoms with E-state index < -0.39 is 0 Å². The van der Waals surface area contributed by atoms with Crippen molar-refractivity contribution in [1.82, 2.24) is 10.5 Å². The molecule has 0 saturated heterocycles. The first kappa shape index (κ1) is 19.3. The molecular weight excluding hydrogens is 359 g/mol. The zero-order valence-corrected chi connectivity index (χ0v) is 15.6. The fourth-order valence-corrected chi connectivity index (χ4v) is 2.76. The molecule has 28 heavy (non-hydrogen) atoms. The van der Waals surface area contributed by atoms with Crippen molar-refractivity contribution >= 4 is 17.6 Å². The maximum Gasteiger partial charge on any atom is 0.231 e. The predicted molar refractivity (Wildman–Crippen MR) is 106 cm³/mol. The van der Waals surface area contributed by atoms with E-state index in [-0.39, 0.29) is 35.9 Å². The summed E-state index contributed by atoms with van der Waals surface area (Å²) in [6, 6.07) is 16.2. The maximum absolute atomic E-state index is 14.6. The van der Waals surface area contributed by atoms with Gasteiger partial charge in [0.05, 0.1) is 12.2 Å². The quantitative estimate of drug-likeness (QED) is 0.441. The molecule has 0 spiro atoms. The summed E-state index contributed by atoms with van der Waals surface area (Å²) in [4.78, 5) is 10.9. The third-order valence-corrected chi connectivity index (χ3v) is 4.31. The van der Waals surface area contributed by atoms with Gasteiger partial charge in [0.25, 0.3) is 0 Å². The molecule has 0 amide bonds. The van der Waals surface area contributed by atoms with E-state index in [0.717, 1.165) is 11.1 Å². The molecule has 7 heteroatoms. The number of rotatable bonds is 6. The van der Waals surface area contributed by atoms with Crippen LogP contribution in [0.1, 0.15) is 31.0 Å². The van der Waals surface area contributed by atoms with E-state index in [4.69, 9.17) is 9.93 Å². The van der Waals surface area contributed by atoms with Crippen LogP contribution >= 0.6 is 0 Å². The minimum atomic E-state index is -0.299. The van der Waals surface area contributed by atoms with Gasteiger partial charge in [0.2, 0.25) is 5.88 Å². The average molecular weight is 380 g/mol. The second-order valence-corrected chi connectivity index (χ2v) is 6.50. The lowest BCUT2D eigenvalue weighted by molar-refractivity contribution is -0.115. The number of anilines is 1. The van der Waals surface area contributed by atoms with Gasteiger partial charge < -0.3 is 9.84 Å². The number of carbonyl (C=O) groups excluding carboxylic acids is 1. The molecule has 3 N–H and O–H groups in total. The van der Waals surface area contributed by atoms with Gasteiger partial charge in [-0.2, -0.15) is 0 Å². The van der Waals surface area contributed by atoms with Crippen LogP contribution in [-0.2, 0) is 4.79 Å². The summed E-state index contributed by atoms with van der Waals surface area (Å²) in [5.41, 5.74) is 2.74. The van der Waals surface area contributed by atoms with E-state index in [2.05, 4.69) is 15.8 Å². The molecule has 0 fully saturated rings. The molecule has 1 unspecified atom stereocenters. The first-order valence-corrected chi connectivity index (χ1v) is 8.84. The van der Waals surface area contributed by atoms with Crippen molar-refractivity contribution in [2.75, 3.05) is 11.9 Å². The fourth-order valence-electron chi connectivity index (χ4n) is 2.76. The van der Waals surface area contributed by atoms with Crippen molar-refractivity contribution in [1.29, 1.82) is 5.41 Å². The summed E-state index contributed by atoms with van der Waals surface area (Å²) < 4.78 is 19.8. The van der Waals surface area contributed by atoms with Crippen LogP contribution in [0, 0.1) is 11.2 Å². The number of halogens is 1. The van der Waals surface area contributed by atoms with Gasteiger partial charge in [0.1, 0.15) is 11.6 Å². The monoisotopic (exact) mass is 380 g/mol. The van der Waals surface area contributed by atoms with Gasteiger partial charge in [-0.3, -0.25) is 15.5 Å². The Labute approximate surface area is 162 Å². The second-order valence-electron chi connectivity index (χ2n) is 6.50. The van der Waals surface area contributed by atoms with Crippen molar-refractivity contribution < 1.29 is 13.7 Å². The number of nitrogens with zero attached hydrogens (tertiary/aromatic N) is 1. The number of benzene rings is 2.